The molecule has 6 heteroatoms. The van der Waals surface area contributed by atoms with Crippen LogP contribution in [0.25, 0.3) is 0 Å². The van der Waals surface area contributed by atoms with Gasteiger partial charge in [-0.05, 0) is 26.2 Å². The van der Waals surface area contributed by atoms with E-state index in [0.717, 1.165) is 12.8 Å². The van der Waals surface area contributed by atoms with Crippen LogP contribution in [0.2, 0.25) is 0 Å². The summed E-state index contributed by atoms with van der Waals surface area (Å²) in [5.74, 6) is -0.835. The molecule has 0 aromatic rings. The Bertz CT molecular complexity index is 373. The maximum absolute atomic E-state index is 12.3. The zero-order valence-corrected chi connectivity index (χ0v) is 12.6. The molecule has 0 spiro atoms. The molecule has 0 aromatic carbocycles. The number of aliphatic hydroxyl groups excluding tert-OH is 2. The van der Waals surface area contributed by atoms with E-state index >= 15 is 0 Å². The molecule has 2 amide bonds. The van der Waals surface area contributed by atoms with Crippen LogP contribution in [0.5, 0.6) is 0 Å². The standard InChI is InChI=1S/C15H26N2O4/c1-3-5-12(15(21)16-11(2)9-18)8-14(20)17-7-4-6-13(17)10-19/h3,11-13,18-19H,1,4-10H2,2H3,(H,16,21). The van der Waals surface area contributed by atoms with Crippen molar-refractivity contribution in [1.82, 2.24) is 10.2 Å². The molecule has 3 N–H and O–H groups in total. The van der Waals surface area contributed by atoms with Gasteiger partial charge in [0.05, 0.1) is 25.2 Å². The summed E-state index contributed by atoms with van der Waals surface area (Å²) in [7, 11) is 0. The van der Waals surface area contributed by atoms with E-state index in [9.17, 15) is 14.7 Å². The summed E-state index contributed by atoms with van der Waals surface area (Å²) >= 11 is 0. The monoisotopic (exact) mass is 298 g/mol. The molecular weight excluding hydrogens is 272 g/mol. The Labute approximate surface area is 125 Å². The van der Waals surface area contributed by atoms with Crippen LogP contribution in [0.3, 0.4) is 0 Å². The number of likely N-dealkylation sites (tertiary alicyclic amines) is 1. The van der Waals surface area contributed by atoms with Gasteiger partial charge in [-0.25, -0.2) is 0 Å². The topological polar surface area (TPSA) is 89.9 Å². The molecule has 120 valence electrons. The minimum Gasteiger partial charge on any atom is -0.394 e. The number of hydrogen-bond acceptors (Lipinski definition) is 4. The maximum Gasteiger partial charge on any atom is 0.224 e. The Morgan fingerprint density at radius 1 is 1.48 bits per heavy atom. The fourth-order valence-electron chi connectivity index (χ4n) is 2.57. The van der Waals surface area contributed by atoms with E-state index in [4.69, 9.17) is 5.11 Å². The fraction of sp³-hybridized carbons (Fsp3) is 0.733. The van der Waals surface area contributed by atoms with Crippen molar-refractivity contribution < 1.29 is 19.8 Å². The molecule has 0 aliphatic carbocycles. The second-order valence-corrected chi connectivity index (χ2v) is 5.58. The molecule has 0 bridgehead atoms. The zero-order valence-electron chi connectivity index (χ0n) is 12.6. The zero-order chi connectivity index (χ0) is 15.8. The third kappa shape index (κ3) is 5.13. The van der Waals surface area contributed by atoms with E-state index in [1.165, 1.54) is 0 Å². The average Bonchev–Trinajstić information content (AvgIpc) is 2.94. The van der Waals surface area contributed by atoms with Gasteiger partial charge in [-0.15, -0.1) is 6.58 Å². The smallest absolute Gasteiger partial charge is 0.224 e. The van der Waals surface area contributed by atoms with Crippen molar-refractivity contribution in [2.75, 3.05) is 19.8 Å². The van der Waals surface area contributed by atoms with Crippen LogP contribution in [0.1, 0.15) is 32.6 Å². The van der Waals surface area contributed by atoms with Gasteiger partial charge in [-0.3, -0.25) is 9.59 Å². The minimum atomic E-state index is -0.482. The Hall–Kier alpha value is -1.40. The summed E-state index contributed by atoms with van der Waals surface area (Å²) in [6.07, 6.45) is 3.83. The SMILES string of the molecule is C=CCC(CC(=O)N1CCCC1CO)C(=O)NC(C)CO. The Morgan fingerprint density at radius 2 is 2.19 bits per heavy atom. The number of hydrogen-bond donors (Lipinski definition) is 3. The lowest BCUT2D eigenvalue weighted by Gasteiger charge is -2.25. The van der Waals surface area contributed by atoms with Crippen molar-refractivity contribution in [2.24, 2.45) is 5.92 Å². The van der Waals surface area contributed by atoms with Crippen molar-refractivity contribution >= 4 is 11.8 Å². The van der Waals surface area contributed by atoms with Crippen LogP contribution < -0.4 is 5.32 Å². The highest BCUT2D eigenvalue weighted by molar-refractivity contribution is 5.86. The number of amides is 2. The molecule has 0 aromatic heterocycles. The molecule has 6 nitrogen and oxygen atoms in total. The van der Waals surface area contributed by atoms with Crippen LogP contribution >= 0.6 is 0 Å². The summed E-state index contributed by atoms with van der Waals surface area (Å²) in [6.45, 7) is 5.79. The summed E-state index contributed by atoms with van der Waals surface area (Å²) in [5.41, 5.74) is 0. The molecule has 21 heavy (non-hydrogen) atoms. The van der Waals surface area contributed by atoms with Gasteiger partial charge in [0.25, 0.3) is 0 Å². The van der Waals surface area contributed by atoms with Crippen LogP contribution in [-0.2, 0) is 9.59 Å². The molecule has 1 aliphatic heterocycles. The predicted molar refractivity (Wildman–Crippen MR) is 79.4 cm³/mol. The number of nitrogens with one attached hydrogen (secondary N) is 1. The lowest BCUT2D eigenvalue weighted by atomic mass is 9.99. The molecular formula is C15H26N2O4. The van der Waals surface area contributed by atoms with Gasteiger partial charge in [-0.1, -0.05) is 6.08 Å². The summed E-state index contributed by atoms with van der Waals surface area (Å²) in [5, 5.41) is 20.9. The molecule has 1 rings (SSSR count). The van der Waals surface area contributed by atoms with Gasteiger partial charge < -0.3 is 20.4 Å². The third-order valence-electron chi connectivity index (χ3n) is 3.81. The Balaban J connectivity index is 2.62. The number of allylic oxidation sites excluding steroid dienone is 1. The number of nitrogens with zero attached hydrogens (tertiary/aromatic N) is 1. The largest absolute Gasteiger partial charge is 0.394 e. The van der Waals surface area contributed by atoms with Crippen molar-refractivity contribution in [3.63, 3.8) is 0 Å². The second kappa shape index (κ2) is 8.79. The van der Waals surface area contributed by atoms with Gasteiger partial charge in [0.15, 0.2) is 0 Å². The fourth-order valence-corrected chi connectivity index (χ4v) is 2.57. The van der Waals surface area contributed by atoms with Crippen molar-refractivity contribution in [2.45, 2.75) is 44.7 Å². The first-order chi connectivity index (χ1) is 10.0. The minimum absolute atomic E-state index is 0.0361. The quantitative estimate of drug-likeness (QED) is 0.552. The van der Waals surface area contributed by atoms with Gasteiger partial charge in [0.2, 0.25) is 11.8 Å². The van der Waals surface area contributed by atoms with E-state index in [1.807, 2.05) is 0 Å². The van der Waals surface area contributed by atoms with E-state index in [2.05, 4.69) is 11.9 Å². The van der Waals surface area contributed by atoms with Crippen molar-refractivity contribution in [3.8, 4) is 0 Å². The number of aliphatic hydroxyl groups is 2. The van der Waals surface area contributed by atoms with Crippen molar-refractivity contribution in [1.29, 1.82) is 0 Å². The average molecular weight is 298 g/mol. The van der Waals surface area contributed by atoms with Crippen LogP contribution in [0.15, 0.2) is 12.7 Å². The molecule has 3 unspecified atom stereocenters. The molecule has 1 aliphatic rings. The summed E-state index contributed by atoms with van der Waals surface area (Å²) in [4.78, 5) is 26.1. The highest BCUT2D eigenvalue weighted by Crippen LogP contribution is 2.20. The number of carbonyl (C=O) groups is 2. The summed E-state index contributed by atoms with van der Waals surface area (Å²) < 4.78 is 0. The first-order valence-electron chi connectivity index (χ1n) is 7.45. The van der Waals surface area contributed by atoms with Crippen LogP contribution in [0.4, 0.5) is 0 Å². The highest BCUT2D eigenvalue weighted by Gasteiger charge is 2.31. The molecule has 3 atom stereocenters. The molecule has 1 saturated heterocycles. The number of carbonyl (C=O) groups excluding carboxylic acids is 2. The van der Waals surface area contributed by atoms with Gasteiger partial charge in [0, 0.05) is 19.0 Å². The first kappa shape index (κ1) is 17.7. The lowest BCUT2D eigenvalue weighted by Crippen LogP contribution is -2.43. The number of rotatable bonds is 8. The molecule has 1 fully saturated rings. The van der Waals surface area contributed by atoms with Crippen LogP contribution in [0, 0.1) is 5.92 Å². The van der Waals surface area contributed by atoms with Crippen LogP contribution in [-0.4, -0.2) is 58.8 Å². The Kier molecular flexibility index (Phi) is 7.39. The first-order valence-corrected chi connectivity index (χ1v) is 7.45. The third-order valence-corrected chi connectivity index (χ3v) is 3.81. The summed E-state index contributed by atoms with van der Waals surface area (Å²) in [6, 6.07) is -0.460. The predicted octanol–water partition coefficient (Wildman–Crippen LogP) is 0.0491. The Morgan fingerprint density at radius 3 is 2.76 bits per heavy atom. The lowest BCUT2D eigenvalue weighted by molar-refractivity contribution is -0.137. The normalized spacial score (nSPS) is 20.9. The van der Waals surface area contributed by atoms with Crippen molar-refractivity contribution in [3.05, 3.63) is 12.7 Å². The molecule has 0 saturated carbocycles. The van der Waals surface area contributed by atoms with Gasteiger partial charge in [-0.2, -0.15) is 0 Å². The maximum atomic E-state index is 12.3. The highest BCUT2D eigenvalue weighted by atomic mass is 16.3. The van der Waals surface area contributed by atoms with E-state index in [1.54, 1.807) is 17.9 Å². The van der Waals surface area contributed by atoms with Gasteiger partial charge in [0.1, 0.15) is 0 Å². The second-order valence-electron chi connectivity index (χ2n) is 5.58. The van der Waals surface area contributed by atoms with E-state index < -0.39 is 5.92 Å². The van der Waals surface area contributed by atoms with E-state index in [0.29, 0.717) is 13.0 Å². The molecule has 0 radical (unpaired) electrons. The molecule has 1 heterocycles. The van der Waals surface area contributed by atoms with Gasteiger partial charge >= 0.3 is 0 Å². The van der Waals surface area contributed by atoms with E-state index in [-0.39, 0.29) is 43.5 Å².